The van der Waals surface area contributed by atoms with Crippen LogP contribution in [0.15, 0.2) is 29.6 Å². The van der Waals surface area contributed by atoms with Gasteiger partial charge in [-0.25, -0.2) is 9.37 Å². The lowest BCUT2D eigenvalue weighted by atomic mass is 9.87. The van der Waals surface area contributed by atoms with Crippen LogP contribution in [0.5, 0.6) is 0 Å². The van der Waals surface area contributed by atoms with Crippen LogP contribution in [-0.4, -0.2) is 36.2 Å². The number of likely N-dealkylation sites (tertiary alicyclic amines) is 1. The first-order valence-electron chi connectivity index (χ1n) is 8.04. The zero-order chi connectivity index (χ0) is 16.2. The first kappa shape index (κ1) is 16.6. The van der Waals surface area contributed by atoms with Gasteiger partial charge in [-0.3, -0.25) is 4.90 Å². The van der Waals surface area contributed by atoms with Crippen molar-refractivity contribution in [2.24, 2.45) is 5.92 Å². The van der Waals surface area contributed by atoms with Crippen molar-refractivity contribution in [2.75, 3.05) is 20.2 Å². The Bertz CT molecular complexity index is 628. The number of hydrogen-bond donors (Lipinski definition) is 0. The predicted molar refractivity (Wildman–Crippen MR) is 91.1 cm³/mol. The summed E-state index contributed by atoms with van der Waals surface area (Å²) >= 11 is 1.70. The molecule has 1 aliphatic rings. The van der Waals surface area contributed by atoms with Crippen molar-refractivity contribution >= 4 is 11.3 Å². The van der Waals surface area contributed by atoms with E-state index in [4.69, 9.17) is 4.74 Å². The summed E-state index contributed by atoms with van der Waals surface area (Å²) in [6, 6.07) is 6.84. The summed E-state index contributed by atoms with van der Waals surface area (Å²) in [6.07, 6.45) is 2.26. The molecule has 1 fully saturated rings. The number of ether oxygens (including phenoxy) is 1. The fraction of sp³-hybridized carbons (Fsp3) is 0.500. The monoisotopic (exact) mass is 334 g/mol. The molecule has 1 saturated heterocycles. The van der Waals surface area contributed by atoms with Crippen molar-refractivity contribution in [1.29, 1.82) is 0 Å². The van der Waals surface area contributed by atoms with Gasteiger partial charge in [0.1, 0.15) is 5.82 Å². The minimum absolute atomic E-state index is 0.176. The molecule has 1 aromatic heterocycles. The van der Waals surface area contributed by atoms with Crippen LogP contribution >= 0.6 is 11.3 Å². The van der Waals surface area contributed by atoms with E-state index in [1.807, 2.05) is 19.1 Å². The summed E-state index contributed by atoms with van der Waals surface area (Å²) in [6.45, 7) is 4.93. The van der Waals surface area contributed by atoms with Gasteiger partial charge in [0.2, 0.25) is 0 Å². The molecule has 3 rings (SSSR count). The number of thiazole rings is 1. The summed E-state index contributed by atoms with van der Waals surface area (Å²) in [7, 11) is 1.79. The molecule has 2 aromatic rings. The van der Waals surface area contributed by atoms with Crippen LogP contribution in [0, 0.1) is 18.7 Å². The Morgan fingerprint density at radius 3 is 2.78 bits per heavy atom. The van der Waals surface area contributed by atoms with Gasteiger partial charge in [0.05, 0.1) is 16.8 Å². The highest BCUT2D eigenvalue weighted by atomic mass is 32.1. The highest BCUT2D eigenvalue weighted by Gasteiger charge is 2.29. The van der Waals surface area contributed by atoms with Crippen LogP contribution in [0.25, 0.3) is 0 Å². The van der Waals surface area contributed by atoms with E-state index in [0.29, 0.717) is 5.92 Å². The molecule has 2 heterocycles. The van der Waals surface area contributed by atoms with E-state index >= 15 is 0 Å². The average Bonchev–Trinajstić information content (AvgIpc) is 2.96. The number of hydrogen-bond acceptors (Lipinski definition) is 4. The number of methoxy groups -OCH3 is 1. The van der Waals surface area contributed by atoms with Crippen LogP contribution in [0.4, 0.5) is 4.39 Å². The summed E-state index contributed by atoms with van der Waals surface area (Å²) in [4.78, 5) is 6.97. The van der Waals surface area contributed by atoms with Crippen molar-refractivity contribution in [2.45, 2.75) is 32.4 Å². The highest BCUT2D eigenvalue weighted by molar-refractivity contribution is 7.09. The summed E-state index contributed by atoms with van der Waals surface area (Å²) in [5.74, 6) is 0.310. The number of halogens is 1. The molecule has 0 saturated carbocycles. The molecule has 0 aliphatic carbocycles. The minimum atomic E-state index is -0.176. The van der Waals surface area contributed by atoms with E-state index < -0.39 is 0 Å². The van der Waals surface area contributed by atoms with E-state index in [1.54, 1.807) is 18.4 Å². The Labute approximate surface area is 141 Å². The molecule has 1 aliphatic heterocycles. The quantitative estimate of drug-likeness (QED) is 0.834. The van der Waals surface area contributed by atoms with Crippen LogP contribution in [-0.2, 0) is 17.7 Å². The molecule has 5 heteroatoms. The zero-order valence-corrected chi connectivity index (χ0v) is 14.5. The number of aromatic nitrogens is 1. The van der Waals surface area contributed by atoms with Gasteiger partial charge in [0.15, 0.2) is 0 Å². The van der Waals surface area contributed by atoms with Gasteiger partial charge in [0, 0.05) is 25.6 Å². The SMILES string of the molecule is CO[C@H]1CN(Cc2csc(C)n2)CC[C@@H]1Cc1ccc(F)cc1. The maximum absolute atomic E-state index is 13.0. The molecule has 3 nitrogen and oxygen atoms in total. The van der Waals surface area contributed by atoms with E-state index in [1.165, 1.54) is 17.7 Å². The normalized spacial score (nSPS) is 22.4. The molecular formula is C18H23FN2OS. The Hall–Kier alpha value is -1.30. The van der Waals surface area contributed by atoms with Gasteiger partial charge in [-0.1, -0.05) is 12.1 Å². The maximum Gasteiger partial charge on any atom is 0.123 e. The third-order valence-electron chi connectivity index (χ3n) is 4.55. The molecule has 0 bridgehead atoms. The van der Waals surface area contributed by atoms with Crippen molar-refractivity contribution in [1.82, 2.24) is 9.88 Å². The lowest BCUT2D eigenvalue weighted by Gasteiger charge is -2.37. The molecule has 124 valence electrons. The molecule has 1 aromatic carbocycles. The van der Waals surface area contributed by atoms with Crippen LogP contribution in [0.2, 0.25) is 0 Å². The van der Waals surface area contributed by atoms with Crippen molar-refractivity contribution in [3.63, 3.8) is 0 Å². The molecule has 0 N–H and O–H groups in total. The fourth-order valence-electron chi connectivity index (χ4n) is 3.31. The van der Waals surface area contributed by atoms with Crippen molar-refractivity contribution in [3.8, 4) is 0 Å². The second-order valence-corrected chi connectivity index (χ2v) is 7.31. The first-order chi connectivity index (χ1) is 11.1. The number of rotatable bonds is 5. The van der Waals surface area contributed by atoms with Crippen molar-refractivity contribution < 1.29 is 9.13 Å². The van der Waals surface area contributed by atoms with E-state index in [2.05, 4.69) is 15.3 Å². The lowest BCUT2D eigenvalue weighted by Crippen LogP contribution is -2.45. The summed E-state index contributed by atoms with van der Waals surface area (Å²) in [5.41, 5.74) is 2.33. The van der Waals surface area contributed by atoms with Gasteiger partial charge in [-0.2, -0.15) is 0 Å². The molecule has 0 radical (unpaired) electrons. The highest BCUT2D eigenvalue weighted by Crippen LogP contribution is 2.25. The molecule has 0 amide bonds. The van der Waals surface area contributed by atoms with Crippen LogP contribution in [0.3, 0.4) is 0 Å². The largest absolute Gasteiger partial charge is 0.380 e. The second kappa shape index (κ2) is 7.51. The standard InChI is InChI=1S/C18H23FN2OS/c1-13-20-17(12-23-13)10-21-8-7-15(18(11-21)22-2)9-14-3-5-16(19)6-4-14/h3-6,12,15,18H,7-11H2,1-2H3/t15-,18+/m1/s1. The molecule has 23 heavy (non-hydrogen) atoms. The topological polar surface area (TPSA) is 25.4 Å². The summed E-state index contributed by atoms with van der Waals surface area (Å²) in [5, 5.41) is 3.26. The van der Waals surface area contributed by atoms with Crippen LogP contribution < -0.4 is 0 Å². The van der Waals surface area contributed by atoms with Crippen molar-refractivity contribution in [3.05, 3.63) is 51.7 Å². The Balaban J connectivity index is 1.58. The number of piperidine rings is 1. The maximum atomic E-state index is 13.0. The smallest absolute Gasteiger partial charge is 0.123 e. The summed E-state index contributed by atoms with van der Waals surface area (Å²) < 4.78 is 18.8. The molecular weight excluding hydrogens is 311 g/mol. The Kier molecular flexibility index (Phi) is 5.41. The zero-order valence-electron chi connectivity index (χ0n) is 13.7. The lowest BCUT2D eigenvalue weighted by molar-refractivity contribution is -0.0138. The van der Waals surface area contributed by atoms with Gasteiger partial charge in [-0.15, -0.1) is 11.3 Å². The first-order valence-corrected chi connectivity index (χ1v) is 8.92. The average molecular weight is 334 g/mol. The predicted octanol–water partition coefficient (Wildman–Crippen LogP) is 3.67. The number of nitrogens with zero attached hydrogens (tertiary/aromatic N) is 2. The van der Waals surface area contributed by atoms with E-state index in [0.717, 1.165) is 43.2 Å². The van der Waals surface area contributed by atoms with E-state index in [9.17, 15) is 4.39 Å². The van der Waals surface area contributed by atoms with E-state index in [-0.39, 0.29) is 11.9 Å². The fourth-order valence-corrected chi connectivity index (χ4v) is 3.91. The van der Waals surface area contributed by atoms with Gasteiger partial charge >= 0.3 is 0 Å². The Morgan fingerprint density at radius 1 is 1.35 bits per heavy atom. The van der Waals surface area contributed by atoms with Gasteiger partial charge < -0.3 is 4.74 Å². The number of aryl methyl sites for hydroxylation is 1. The Morgan fingerprint density at radius 2 is 2.13 bits per heavy atom. The number of benzene rings is 1. The molecule has 2 atom stereocenters. The van der Waals surface area contributed by atoms with Gasteiger partial charge in [-0.05, 0) is 49.9 Å². The third kappa shape index (κ3) is 4.37. The minimum Gasteiger partial charge on any atom is -0.380 e. The molecule has 0 spiro atoms. The second-order valence-electron chi connectivity index (χ2n) is 6.25. The third-order valence-corrected chi connectivity index (χ3v) is 5.37. The molecule has 0 unspecified atom stereocenters. The van der Waals surface area contributed by atoms with Crippen LogP contribution in [0.1, 0.15) is 22.7 Å². The van der Waals surface area contributed by atoms with Gasteiger partial charge in [0.25, 0.3) is 0 Å².